The molecule has 0 bridgehead atoms. The normalized spacial score (nSPS) is 12.0. The van der Waals surface area contributed by atoms with Gasteiger partial charge in [0, 0.05) is 11.1 Å². The molecule has 0 aliphatic heterocycles. The zero-order valence-electron chi connectivity index (χ0n) is 14.9. The molecule has 2 amide bonds. The van der Waals surface area contributed by atoms with E-state index < -0.39 is 5.91 Å². The van der Waals surface area contributed by atoms with Crippen LogP contribution < -0.4 is 5.73 Å². The van der Waals surface area contributed by atoms with Crippen molar-refractivity contribution in [1.82, 2.24) is 4.90 Å². The van der Waals surface area contributed by atoms with Crippen LogP contribution in [0.25, 0.3) is 0 Å². The van der Waals surface area contributed by atoms with Crippen molar-refractivity contribution in [1.29, 1.82) is 0 Å². The summed E-state index contributed by atoms with van der Waals surface area (Å²) in [6.45, 7) is 3.69. The van der Waals surface area contributed by atoms with Gasteiger partial charge in [0.2, 0.25) is 11.8 Å². The van der Waals surface area contributed by atoms with Crippen molar-refractivity contribution in [2.45, 2.75) is 25.1 Å². The smallest absolute Gasteiger partial charge is 0.237 e. The van der Waals surface area contributed by atoms with Crippen molar-refractivity contribution in [2.75, 3.05) is 12.3 Å². The van der Waals surface area contributed by atoms with Crippen molar-refractivity contribution < 1.29 is 9.59 Å². The zero-order chi connectivity index (χ0) is 19.1. The minimum Gasteiger partial charge on any atom is -0.368 e. The van der Waals surface area contributed by atoms with Crippen molar-refractivity contribution in [2.24, 2.45) is 5.73 Å². The van der Waals surface area contributed by atoms with E-state index in [1.165, 1.54) is 16.7 Å². The number of thioether (sulfide) groups is 1. The number of rotatable bonds is 8. The van der Waals surface area contributed by atoms with Gasteiger partial charge in [0.25, 0.3) is 0 Å². The molecule has 0 aliphatic rings. The molecule has 0 radical (unpaired) electrons. The second-order valence-corrected chi connectivity index (χ2v) is 7.76. The summed E-state index contributed by atoms with van der Waals surface area (Å²) in [5.74, 6) is -0.346. The van der Waals surface area contributed by atoms with Crippen LogP contribution in [-0.2, 0) is 9.59 Å². The molecule has 0 aromatic heterocycles. The molecule has 0 saturated heterocycles. The number of carbonyl (C=O) groups is 2. The Morgan fingerprint density at radius 2 is 1.62 bits per heavy atom. The van der Waals surface area contributed by atoms with Crippen LogP contribution in [0.15, 0.2) is 54.6 Å². The standard InChI is InChI=1S/C20H23ClN2O2S/c1-14(2)23(12-18(22)24)19(25)13-26-20(15-6-4-3-5-7-15)16-8-10-17(21)11-9-16/h3-11,14,20H,12-13H2,1-2H3,(H2,22,24). The highest BCUT2D eigenvalue weighted by atomic mass is 35.5. The molecule has 1 unspecified atom stereocenters. The first-order valence-electron chi connectivity index (χ1n) is 8.38. The predicted molar refractivity (Wildman–Crippen MR) is 108 cm³/mol. The molecule has 0 heterocycles. The number of hydrogen-bond donors (Lipinski definition) is 1. The van der Waals surface area contributed by atoms with Crippen LogP contribution in [0.2, 0.25) is 5.02 Å². The van der Waals surface area contributed by atoms with Gasteiger partial charge in [-0.2, -0.15) is 0 Å². The minimum absolute atomic E-state index is 0.00000646. The summed E-state index contributed by atoms with van der Waals surface area (Å²) in [5, 5.41) is 0.675. The van der Waals surface area contributed by atoms with Crippen LogP contribution in [0.5, 0.6) is 0 Å². The second-order valence-electron chi connectivity index (χ2n) is 6.23. The summed E-state index contributed by atoms with van der Waals surface area (Å²) in [7, 11) is 0. The first-order chi connectivity index (χ1) is 12.4. The van der Waals surface area contributed by atoms with Crippen LogP contribution >= 0.6 is 23.4 Å². The largest absolute Gasteiger partial charge is 0.368 e. The van der Waals surface area contributed by atoms with Gasteiger partial charge in [-0.25, -0.2) is 0 Å². The van der Waals surface area contributed by atoms with E-state index in [0.717, 1.165) is 11.1 Å². The fraction of sp³-hybridized carbons (Fsp3) is 0.300. The van der Waals surface area contributed by atoms with Crippen molar-refractivity contribution in [3.63, 3.8) is 0 Å². The van der Waals surface area contributed by atoms with E-state index in [2.05, 4.69) is 0 Å². The highest BCUT2D eigenvalue weighted by molar-refractivity contribution is 8.00. The average Bonchev–Trinajstić information content (AvgIpc) is 2.61. The van der Waals surface area contributed by atoms with Crippen molar-refractivity contribution in [3.05, 3.63) is 70.7 Å². The van der Waals surface area contributed by atoms with Gasteiger partial charge in [-0.05, 0) is 37.1 Å². The lowest BCUT2D eigenvalue weighted by atomic mass is 10.0. The summed E-state index contributed by atoms with van der Waals surface area (Å²) in [6.07, 6.45) is 0. The van der Waals surface area contributed by atoms with E-state index in [1.54, 1.807) is 0 Å². The first-order valence-corrected chi connectivity index (χ1v) is 9.81. The molecule has 2 rings (SSSR count). The van der Waals surface area contributed by atoms with Gasteiger partial charge in [-0.1, -0.05) is 54.1 Å². The average molecular weight is 391 g/mol. The van der Waals surface area contributed by atoms with E-state index in [4.69, 9.17) is 17.3 Å². The van der Waals surface area contributed by atoms with Crippen LogP contribution in [0, 0.1) is 0 Å². The molecule has 2 aromatic carbocycles. The topological polar surface area (TPSA) is 63.4 Å². The van der Waals surface area contributed by atoms with E-state index in [9.17, 15) is 9.59 Å². The molecule has 0 aliphatic carbocycles. The van der Waals surface area contributed by atoms with Gasteiger partial charge >= 0.3 is 0 Å². The fourth-order valence-corrected chi connectivity index (χ4v) is 3.91. The third-order valence-electron chi connectivity index (χ3n) is 3.92. The third kappa shape index (κ3) is 5.78. The van der Waals surface area contributed by atoms with Crippen LogP contribution in [0.3, 0.4) is 0 Å². The first kappa shape index (κ1) is 20.3. The van der Waals surface area contributed by atoms with Gasteiger partial charge in [0.05, 0.1) is 17.5 Å². The van der Waals surface area contributed by atoms with E-state index in [-0.39, 0.29) is 29.5 Å². The number of primary amides is 1. The maximum atomic E-state index is 12.6. The Bertz CT molecular complexity index is 735. The van der Waals surface area contributed by atoms with E-state index in [1.807, 2.05) is 68.4 Å². The van der Waals surface area contributed by atoms with E-state index in [0.29, 0.717) is 5.02 Å². The molecular weight excluding hydrogens is 368 g/mol. The molecule has 0 fully saturated rings. The molecule has 4 nitrogen and oxygen atoms in total. The Labute approximate surface area is 163 Å². The SMILES string of the molecule is CC(C)N(CC(N)=O)C(=O)CSC(c1ccccc1)c1ccc(Cl)cc1. The lowest BCUT2D eigenvalue weighted by Crippen LogP contribution is -2.43. The lowest BCUT2D eigenvalue weighted by Gasteiger charge is -2.26. The van der Waals surface area contributed by atoms with Gasteiger partial charge in [0.15, 0.2) is 0 Å². The molecule has 0 saturated carbocycles. The van der Waals surface area contributed by atoms with E-state index >= 15 is 0 Å². The summed E-state index contributed by atoms with van der Waals surface area (Å²) < 4.78 is 0. The Morgan fingerprint density at radius 1 is 1.04 bits per heavy atom. The minimum atomic E-state index is -0.505. The molecule has 26 heavy (non-hydrogen) atoms. The maximum absolute atomic E-state index is 12.6. The summed E-state index contributed by atoms with van der Waals surface area (Å²) in [4.78, 5) is 25.4. The number of benzene rings is 2. The molecular formula is C20H23ClN2O2S. The van der Waals surface area contributed by atoms with Crippen LogP contribution in [0.4, 0.5) is 0 Å². The van der Waals surface area contributed by atoms with Crippen molar-refractivity contribution in [3.8, 4) is 0 Å². The summed E-state index contributed by atoms with van der Waals surface area (Å²) >= 11 is 7.53. The predicted octanol–water partition coefficient (Wildman–Crippen LogP) is 3.88. The lowest BCUT2D eigenvalue weighted by molar-refractivity contribution is -0.134. The number of amides is 2. The second kappa shape index (κ2) is 9.64. The fourth-order valence-electron chi connectivity index (χ4n) is 2.61. The van der Waals surface area contributed by atoms with Crippen LogP contribution in [-0.4, -0.2) is 35.1 Å². The molecule has 2 aromatic rings. The highest BCUT2D eigenvalue weighted by Gasteiger charge is 2.22. The van der Waals surface area contributed by atoms with Crippen LogP contribution in [0.1, 0.15) is 30.2 Å². The van der Waals surface area contributed by atoms with Crippen molar-refractivity contribution >= 4 is 35.2 Å². The zero-order valence-corrected chi connectivity index (χ0v) is 16.5. The monoisotopic (exact) mass is 390 g/mol. The third-order valence-corrected chi connectivity index (χ3v) is 5.46. The number of halogens is 1. The Hall–Kier alpha value is -1.98. The van der Waals surface area contributed by atoms with Gasteiger partial charge in [-0.3, -0.25) is 9.59 Å². The maximum Gasteiger partial charge on any atom is 0.237 e. The molecule has 0 spiro atoms. The Morgan fingerprint density at radius 3 is 2.15 bits per heavy atom. The number of hydrogen-bond acceptors (Lipinski definition) is 3. The number of carbonyl (C=O) groups excluding carboxylic acids is 2. The number of nitrogens with two attached hydrogens (primary N) is 1. The van der Waals surface area contributed by atoms with Gasteiger partial charge in [-0.15, -0.1) is 11.8 Å². The Kier molecular flexibility index (Phi) is 7.54. The molecule has 2 N–H and O–H groups in total. The molecule has 6 heteroatoms. The number of nitrogens with zero attached hydrogens (tertiary/aromatic N) is 1. The van der Waals surface area contributed by atoms with Gasteiger partial charge in [0.1, 0.15) is 0 Å². The van der Waals surface area contributed by atoms with Gasteiger partial charge < -0.3 is 10.6 Å². The Balaban J connectivity index is 2.18. The summed E-state index contributed by atoms with van der Waals surface area (Å²) in [5.41, 5.74) is 7.45. The quantitative estimate of drug-likeness (QED) is 0.743. The molecule has 138 valence electrons. The highest BCUT2D eigenvalue weighted by Crippen LogP contribution is 2.36. The molecule has 1 atom stereocenters. The summed E-state index contributed by atoms with van der Waals surface area (Å²) in [6, 6.07) is 17.6.